The van der Waals surface area contributed by atoms with Crippen LogP contribution in [0.5, 0.6) is 0 Å². The lowest BCUT2D eigenvalue weighted by Crippen LogP contribution is -2.06. The molecule has 0 fully saturated rings. The van der Waals surface area contributed by atoms with Gasteiger partial charge in [0, 0.05) is 17.8 Å². The average molecular weight is 349 g/mol. The fraction of sp³-hybridized carbons (Fsp3) is 0.0625. The van der Waals surface area contributed by atoms with Crippen LogP contribution < -0.4 is 0 Å². The Hall–Kier alpha value is -2.37. The van der Waals surface area contributed by atoms with Crippen molar-refractivity contribution >= 4 is 29.2 Å². The van der Waals surface area contributed by atoms with Gasteiger partial charge in [-0.2, -0.15) is 0 Å². The van der Waals surface area contributed by atoms with Crippen molar-refractivity contribution in [1.29, 1.82) is 0 Å². The molecule has 0 N–H and O–H groups in total. The summed E-state index contributed by atoms with van der Waals surface area (Å²) in [7, 11) is 0. The predicted octanol–water partition coefficient (Wildman–Crippen LogP) is 4.40. The third-order valence-corrected chi connectivity index (χ3v) is 3.69. The summed E-state index contributed by atoms with van der Waals surface area (Å²) < 4.78 is 10.4. The second-order valence-electron chi connectivity index (χ2n) is 4.62. The van der Waals surface area contributed by atoms with E-state index in [9.17, 15) is 4.79 Å². The van der Waals surface area contributed by atoms with Gasteiger partial charge in [0.15, 0.2) is 5.76 Å². The van der Waals surface area contributed by atoms with Crippen LogP contribution in [0.15, 0.2) is 53.2 Å². The van der Waals surface area contributed by atoms with E-state index in [4.69, 9.17) is 32.5 Å². The van der Waals surface area contributed by atoms with Crippen LogP contribution in [0.3, 0.4) is 0 Å². The van der Waals surface area contributed by atoms with Crippen LogP contribution in [0, 0.1) is 0 Å². The number of carbonyl (C=O) groups excluding carboxylic acids is 1. The van der Waals surface area contributed by atoms with Gasteiger partial charge in [0.25, 0.3) is 0 Å². The third-order valence-electron chi connectivity index (χ3n) is 3.00. The largest absolute Gasteiger partial charge is 0.455 e. The van der Waals surface area contributed by atoms with Crippen molar-refractivity contribution in [2.75, 3.05) is 0 Å². The summed E-state index contributed by atoms with van der Waals surface area (Å²) in [5, 5.41) is 4.20. The van der Waals surface area contributed by atoms with Crippen LogP contribution >= 0.6 is 23.2 Å². The SMILES string of the molecule is O=C(OCc1cc(-c2ccccc2)on1)c1cnc(Cl)c(Cl)c1. The molecule has 3 rings (SSSR count). The first-order valence-corrected chi connectivity index (χ1v) is 7.38. The zero-order valence-electron chi connectivity index (χ0n) is 11.7. The van der Waals surface area contributed by atoms with E-state index in [1.54, 1.807) is 6.07 Å². The van der Waals surface area contributed by atoms with Crippen LogP contribution in [0.1, 0.15) is 16.1 Å². The fourth-order valence-electron chi connectivity index (χ4n) is 1.87. The molecule has 0 aliphatic rings. The number of aromatic nitrogens is 2. The number of halogens is 2. The molecule has 0 aliphatic carbocycles. The highest BCUT2D eigenvalue weighted by Gasteiger charge is 2.13. The van der Waals surface area contributed by atoms with Gasteiger partial charge in [-0.15, -0.1) is 0 Å². The van der Waals surface area contributed by atoms with Gasteiger partial charge in [0.05, 0.1) is 10.6 Å². The number of ether oxygens (including phenoxy) is 1. The van der Waals surface area contributed by atoms with Crippen LogP contribution in [0.25, 0.3) is 11.3 Å². The van der Waals surface area contributed by atoms with E-state index in [0.29, 0.717) is 11.5 Å². The summed E-state index contributed by atoms with van der Waals surface area (Å²) in [6.07, 6.45) is 1.30. The maximum atomic E-state index is 11.9. The van der Waals surface area contributed by atoms with Crippen molar-refractivity contribution in [3.63, 3.8) is 0 Å². The Bertz CT molecular complexity index is 834. The Morgan fingerprint density at radius 3 is 2.70 bits per heavy atom. The maximum absolute atomic E-state index is 11.9. The highest BCUT2D eigenvalue weighted by molar-refractivity contribution is 6.41. The molecule has 0 saturated carbocycles. The van der Waals surface area contributed by atoms with Gasteiger partial charge in [-0.25, -0.2) is 9.78 Å². The number of hydrogen-bond donors (Lipinski definition) is 0. The van der Waals surface area contributed by atoms with Gasteiger partial charge >= 0.3 is 5.97 Å². The van der Waals surface area contributed by atoms with E-state index in [1.807, 2.05) is 30.3 Å². The van der Waals surface area contributed by atoms with Gasteiger partial charge in [-0.3, -0.25) is 0 Å². The number of nitrogens with zero attached hydrogens (tertiary/aromatic N) is 2. The number of hydrogen-bond acceptors (Lipinski definition) is 5. The minimum absolute atomic E-state index is 0.0184. The van der Waals surface area contributed by atoms with E-state index in [2.05, 4.69) is 10.1 Å². The van der Waals surface area contributed by atoms with Crippen molar-refractivity contribution in [3.05, 3.63) is 70.1 Å². The van der Waals surface area contributed by atoms with Crippen LogP contribution in [-0.2, 0) is 11.3 Å². The normalized spacial score (nSPS) is 10.5. The van der Waals surface area contributed by atoms with E-state index in [-0.39, 0.29) is 22.3 Å². The van der Waals surface area contributed by atoms with Crippen molar-refractivity contribution in [3.8, 4) is 11.3 Å². The van der Waals surface area contributed by atoms with E-state index >= 15 is 0 Å². The number of carbonyl (C=O) groups is 1. The van der Waals surface area contributed by atoms with Gasteiger partial charge in [0.2, 0.25) is 0 Å². The first kappa shape index (κ1) is 15.5. The number of rotatable bonds is 4. The molecule has 2 heterocycles. The van der Waals surface area contributed by atoms with E-state index < -0.39 is 5.97 Å². The monoisotopic (exact) mass is 348 g/mol. The second-order valence-corrected chi connectivity index (χ2v) is 5.39. The molecule has 1 aromatic carbocycles. The molecule has 23 heavy (non-hydrogen) atoms. The van der Waals surface area contributed by atoms with Gasteiger partial charge in [-0.1, -0.05) is 58.7 Å². The molecule has 5 nitrogen and oxygen atoms in total. The molecule has 0 atom stereocenters. The van der Waals surface area contributed by atoms with Gasteiger partial charge < -0.3 is 9.26 Å². The Labute approximate surface area is 141 Å². The van der Waals surface area contributed by atoms with Crippen molar-refractivity contribution < 1.29 is 14.1 Å². The summed E-state index contributed by atoms with van der Waals surface area (Å²) in [4.78, 5) is 15.7. The Kier molecular flexibility index (Phi) is 4.60. The molecule has 0 saturated heterocycles. The Balaban J connectivity index is 1.65. The minimum Gasteiger partial charge on any atom is -0.455 e. The van der Waals surface area contributed by atoms with Crippen LogP contribution in [0.4, 0.5) is 0 Å². The second kappa shape index (κ2) is 6.81. The smallest absolute Gasteiger partial charge is 0.340 e. The van der Waals surface area contributed by atoms with Crippen molar-refractivity contribution in [1.82, 2.24) is 10.1 Å². The number of benzene rings is 1. The summed E-state index contributed by atoms with van der Waals surface area (Å²) in [6, 6.07) is 12.6. The number of pyridine rings is 1. The van der Waals surface area contributed by atoms with Gasteiger partial charge in [0.1, 0.15) is 17.5 Å². The molecule has 0 bridgehead atoms. The van der Waals surface area contributed by atoms with Crippen molar-refractivity contribution in [2.45, 2.75) is 6.61 Å². The molecule has 0 amide bonds. The third kappa shape index (κ3) is 3.70. The average Bonchev–Trinajstić information content (AvgIpc) is 3.05. The first-order chi connectivity index (χ1) is 11.1. The first-order valence-electron chi connectivity index (χ1n) is 6.62. The van der Waals surface area contributed by atoms with E-state index in [1.165, 1.54) is 12.3 Å². The Morgan fingerprint density at radius 1 is 1.17 bits per heavy atom. The summed E-state index contributed by atoms with van der Waals surface area (Å²) in [6.45, 7) is -0.0184. The molecule has 0 spiro atoms. The summed E-state index contributed by atoms with van der Waals surface area (Å²) in [5.41, 5.74) is 1.61. The number of esters is 1. The van der Waals surface area contributed by atoms with Crippen molar-refractivity contribution in [2.24, 2.45) is 0 Å². The molecule has 116 valence electrons. The maximum Gasteiger partial charge on any atom is 0.340 e. The molecular formula is C16H10Cl2N2O3. The lowest BCUT2D eigenvalue weighted by atomic mass is 10.2. The van der Waals surface area contributed by atoms with E-state index in [0.717, 1.165) is 5.56 Å². The zero-order chi connectivity index (χ0) is 16.2. The molecule has 0 radical (unpaired) electrons. The van der Waals surface area contributed by atoms with Crippen LogP contribution in [0.2, 0.25) is 10.2 Å². The van der Waals surface area contributed by atoms with Crippen LogP contribution in [-0.4, -0.2) is 16.1 Å². The minimum atomic E-state index is -0.569. The molecule has 7 heteroatoms. The molecule has 2 aromatic heterocycles. The molecule has 0 unspecified atom stereocenters. The molecular weight excluding hydrogens is 339 g/mol. The highest BCUT2D eigenvalue weighted by Crippen LogP contribution is 2.22. The van der Waals surface area contributed by atoms with Gasteiger partial charge in [-0.05, 0) is 6.07 Å². The summed E-state index contributed by atoms with van der Waals surface area (Å²) in [5.74, 6) is 0.0354. The molecule has 3 aromatic rings. The highest BCUT2D eigenvalue weighted by atomic mass is 35.5. The topological polar surface area (TPSA) is 65.2 Å². The quantitative estimate of drug-likeness (QED) is 0.516. The lowest BCUT2D eigenvalue weighted by Gasteiger charge is -2.03. The fourth-order valence-corrected chi connectivity index (χ4v) is 2.14. The summed E-state index contributed by atoms with van der Waals surface area (Å²) >= 11 is 11.5. The molecule has 0 aliphatic heterocycles. The standard InChI is InChI=1S/C16H10Cl2N2O3/c17-13-6-11(8-19-15(13)18)16(21)22-9-12-7-14(23-20-12)10-4-2-1-3-5-10/h1-8H,9H2. The predicted molar refractivity (Wildman–Crippen MR) is 85.3 cm³/mol. The lowest BCUT2D eigenvalue weighted by molar-refractivity contribution is 0.0464. The Morgan fingerprint density at radius 2 is 1.96 bits per heavy atom. The zero-order valence-corrected chi connectivity index (χ0v) is 13.2.